The zero-order chi connectivity index (χ0) is 24.8. The average Bonchev–Trinajstić information content (AvgIpc) is 3.35. The lowest BCUT2D eigenvalue weighted by Gasteiger charge is -2.63. The SMILES string of the molecule is C=C1CCC2[C@]3(C)CO[C@@H](C4CCCC4)O[C@@H]3CC[C@@]2(C)[C@@H]1CCOC1CCN(C(C)(C)C)CC1. The third kappa shape index (κ3) is 5.03. The van der Waals surface area contributed by atoms with Gasteiger partial charge in [0.05, 0.1) is 18.8 Å². The Morgan fingerprint density at radius 3 is 2.40 bits per heavy atom. The molecule has 1 unspecified atom stereocenters. The molecule has 0 amide bonds. The van der Waals surface area contributed by atoms with Gasteiger partial charge < -0.3 is 14.2 Å². The molecule has 0 aromatic rings. The second-order valence-corrected chi connectivity index (χ2v) is 14.2. The summed E-state index contributed by atoms with van der Waals surface area (Å²) in [5.74, 6) is 1.82. The molecule has 3 saturated carbocycles. The van der Waals surface area contributed by atoms with Gasteiger partial charge in [0.25, 0.3) is 0 Å². The van der Waals surface area contributed by atoms with Crippen LogP contribution in [0, 0.1) is 28.6 Å². The Balaban J connectivity index is 1.19. The van der Waals surface area contributed by atoms with Gasteiger partial charge in [0.15, 0.2) is 6.29 Å². The summed E-state index contributed by atoms with van der Waals surface area (Å²) in [6.45, 7) is 20.7. The van der Waals surface area contributed by atoms with Gasteiger partial charge in [0, 0.05) is 36.6 Å². The van der Waals surface area contributed by atoms with E-state index in [0.29, 0.717) is 30.0 Å². The van der Waals surface area contributed by atoms with E-state index in [2.05, 4.69) is 46.1 Å². The van der Waals surface area contributed by atoms with Crippen molar-refractivity contribution in [1.82, 2.24) is 4.90 Å². The first kappa shape index (κ1) is 26.2. The van der Waals surface area contributed by atoms with Gasteiger partial charge in [-0.3, -0.25) is 4.90 Å². The highest BCUT2D eigenvalue weighted by atomic mass is 16.7. The fourth-order valence-corrected chi connectivity index (χ4v) is 8.91. The van der Waals surface area contributed by atoms with E-state index in [0.717, 1.165) is 39.1 Å². The molecule has 200 valence electrons. The summed E-state index contributed by atoms with van der Waals surface area (Å²) in [7, 11) is 0. The number of rotatable bonds is 5. The minimum Gasteiger partial charge on any atom is -0.378 e. The lowest BCUT2D eigenvalue weighted by Crippen LogP contribution is -2.62. The van der Waals surface area contributed by atoms with Gasteiger partial charge in [-0.25, -0.2) is 0 Å². The maximum absolute atomic E-state index is 6.75. The Morgan fingerprint density at radius 1 is 1.00 bits per heavy atom. The van der Waals surface area contributed by atoms with E-state index in [1.54, 1.807) is 0 Å². The molecule has 4 nitrogen and oxygen atoms in total. The lowest BCUT2D eigenvalue weighted by molar-refractivity contribution is -0.316. The highest BCUT2D eigenvalue weighted by Crippen LogP contribution is 2.63. The van der Waals surface area contributed by atoms with E-state index in [1.165, 1.54) is 63.4 Å². The van der Waals surface area contributed by atoms with E-state index >= 15 is 0 Å². The molecule has 35 heavy (non-hydrogen) atoms. The number of hydrogen-bond donors (Lipinski definition) is 0. The number of fused-ring (bicyclic) bond motifs is 3. The monoisotopic (exact) mass is 487 g/mol. The minimum absolute atomic E-state index is 0.0485. The molecular formula is C31H53NO3. The molecule has 3 aliphatic carbocycles. The maximum Gasteiger partial charge on any atom is 0.160 e. The predicted octanol–water partition coefficient (Wildman–Crippen LogP) is 6.98. The number of piperidine rings is 1. The fraction of sp³-hybridized carbons (Fsp3) is 0.935. The van der Waals surface area contributed by atoms with Gasteiger partial charge in [-0.1, -0.05) is 38.8 Å². The van der Waals surface area contributed by atoms with E-state index in [1.807, 2.05) is 0 Å². The van der Waals surface area contributed by atoms with Crippen LogP contribution in [-0.2, 0) is 14.2 Å². The fourth-order valence-electron chi connectivity index (χ4n) is 8.91. The van der Waals surface area contributed by atoms with E-state index in [4.69, 9.17) is 14.2 Å². The molecule has 0 aromatic carbocycles. The Labute approximate surface area is 215 Å². The van der Waals surface area contributed by atoms with Crippen LogP contribution in [0.4, 0.5) is 0 Å². The average molecular weight is 488 g/mol. The Kier molecular flexibility index (Phi) is 7.52. The third-order valence-corrected chi connectivity index (χ3v) is 11.1. The smallest absolute Gasteiger partial charge is 0.160 e. The Morgan fingerprint density at radius 2 is 1.71 bits per heavy atom. The van der Waals surface area contributed by atoms with E-state index in [9.17, 15) is 0 Å². The summed E-state index contributed by atoms with van der Waals surface area (Å²) < 4.78 is 19.8. The third-order valence-electron chi connectivity index (χ3n) is 11.1. The molecule has 6 atom stereocenters. The molecule has 0 aromatic heterocycles. The van der Waals surface area contributed by atoms with Crippen molar-refractivity contribution in [3.63, 3.8) is 0 Å². The largest absolute Gasteiger partial charge is 0.378 e. The van der Waals surface area contributed by atoms with Crippen LogP contribution in [0.3, 0.4) is 0 Å². The van der Waals surface area contributed by atoms with Crippen LogP contribution in [0.25, 0.3) is 0 Å². The number of allylic oxidation sites excluding steroid dienone is 1. The first-order valence-electron chi connectivity index (χ1n) is 14.9. The number of ether oxygens (including phenoxy) is 3. The molecule has 0 bridgehead atoms. The highest BCUT2D eigenvalue weighted by Gasteiger charge is 2.60. The number of nitrogens with zero attached hydrogens (tertiary/aromatic N) is 1. The summed E-state index contributed by atoms with van der Waals surface area (Å²) in [6.07, 6.45) is 14.4. The quantitative estimate of drug-likeness (QED) is 0.392. The summed E-state index contributed by atoms with van der Waals surface area (Å²) in [5, 5.41) is 0. The summed E-state index contributed by atoms with van der Waals surface area (Å²) in [4.78, 5) is 2.60. The first-order chi connectivity index (χ1) is 16.6. The van der Waals surface area contributed by atoms with Crippen LogP contribution in [0.15, 0.2) is 12.2 Å². The van der Waals surface area contributed by atoms with Crippen molar-refractivity contribution in [2.45, 2.75) is 129 Å². The van der Waals surface area contributed by atoms with Crippen LogP contribution in [0.2, 0.25) is 0 Å². The van der Waals surface area contributed by atoms with Crippen molar-refractivity contribution in [2.24, 2.45) is 28.6 Å². The van der Waals surface area contributed by atoms with Crippen molar-refractivity contribution < 1.29 is 14.2 Å². The number of likely N-dealkylation sites (tertiary alicyclic amines) is 1. The molecule has 5 fully saturated rings. The first-order valence-corrected chi connectivity index (χ1v) is 14.9. The Hall–Kier alpha value is -0.420. The summed E-state index contributed by atoms with van der Waals surface area (Å²) in [5.41, 5.74) is 2.15. The second-order valence-electron chi connectivity index (χ2n) is 14.2. The second kappa shape index (κ2) is 10.0. The van der Waals surface area contributed by atoms with Crippen molar-refractivity contribution in [3.8, 4) is 0 Å². The van der Waals surface area contributed by atoms with Gasteiger partial charge in [-0.2, -0.15) is 0 Å². The van der Waals surface area contributed by atoms with Crippen LogP contribution in [-0.4, -0.2) is 55.2 Å². The van der Waals surface area contributed by atoms with Gasteiger partial charge >= 0.3 is 0 Å². The van der Waals surface area contributed by atoms with Crippen LogP contribution in [0.1, 0.15) is 105 Å². The normalized spacial score (nSPS) is 42.1. The summed E-state index contributed by atoms with van der Waals surface area (Å²) in [6, 6.07) is 0. The molecule has 2 aliphatic heterocycles. The molecule has 0 N–H and O–H groups in total. The van der Waals surface area contributed by atoms with Gasteiger partial charge in [0.2, 0.25) is 0 Å². The molecule has 2 saturated heterocycles. The van der Waals surface area contributed by atoms with Gasteiger partial charge in [0.1, 0.15) is 0 Å². The van der Waals surface area contributed by atoms with Gasteiger partial charge in [-0.05, 0) is 95.8 Å². The molecule has 0 radical (unpaired) electrons. The van der Waals surface area contributed by atoms with Crippen LogP contribution < -0.4 is 0 Å². The highest BCUT2D eigenvalue weighted by molar-refractivity contribution is 5.18. The minimum atomic E-state index is 0.0485. The number of hydrogen-bond acceptors (Lipinski definition) is 4. The van der Waals surface area contributed by atoms with E-state index < -0.39 is 0 Å². The molecule has 5 aliphatic rings. The molecule has 4 heteroatoms. The standard InChI is InChI=1S/C31H53NO3/c1-22-11-12-26-30(5,25(22)16-20-33-24-14-18-32(19-15-24)29(2,3)4)17-13-27-31(26,6)21-34-28(35-27)23-9-7-8-10-23/h23-28H,1,7-21H2,2-6H3/t25-,26?,27-,28-,30+,31+/m1/s1. The molecule has 0 spiro atoms. The van der Waals surface area contributed by atoms with Crippen LogP contribution in [0.5, 0.6) is 0 Å². The van der Waals surface area contributed by atoms with Crippen molar-refractivity contribution in [3.05, 3.63) is 12.2 Å². The van der Waals surface area contributed by atoms with E-state index in [-0.39, 0.29) is 22.7 Å². The molecule has 2 heterocycles. The van der Waals surface area contributed by atoms with Crippen LogP contribution >= 0.6 is 0 Å². The predicted molar refractivity (Wildman–Crippen MR) is 142 cm³/mol. The molecular weight excluding hydrogens is 434 g/mol. The topological polar surface area (TPSA) is 30.9 Å². The zero-order valence-corrected chi connectivity index (χ0v) is 23.4. The lowest BCUT2D eigenvalue weighted by atomic mass is 9.46. The van der Waals surface area contributed by atoms with Crippen molar-refractivity contribution >= 4 is 0 Å². The molecule has 5 rings (SSSR count). The van der Waals surface area contributed by atoms with Gasteiger partial charge in [-0.15, -0.1) is 0 Å². The summed E-state index contributed by atoms with van der Waals surface area (Å²) >= 11 is 0. The Bertz CT molecular complexity index is 747. The zero-order valence-electron chi connectivity index (χ0n) is 23.4. The van der Waals surface area contributed by atoms with Crippen molar-refractivity contribution in [2.75, 3.05) is 26.3 Å². The van der Waals surface area contributed by atoms with Crippen molar-refractivity contribution in [1.29, 1.82) is 0 Å². The maximum atomic E-state index is 6.75.